The average molecular weight is 222 g/mol. The van der Waals surface area contributed by atoms with Gasteiger partial charge in [0.1, 0.15) is 5.82 Å². The van der Waals surface area contributed by atoms with E-state index in [2.05, 4.69) is 9.38 Å². The quantitative estimate of drug-likeness (QED) is 0.846. The predicted octanol–water partition coefficient (Wildman–Crippen LogP) is 2.32. The highest BCUT2D eigenvalue weighted by molar-refractivity contribution is 6.32. The van der Waals surface area contributed by atoms with Crippen LogP contribution in [0, 0.1) is 0 Å². The van der Waals surface area contributed by atoms with E-state index in [0.29, 0.717) is 17.6 Å². The van der Waals surface area contributed by atoms with Gasteiger partial charge in [0.05, 0.1) is 5.52 Å². The molecule has 1 saturated carbocycles. The number of halogens is 1. The van der Waals surface area contributed by atoms with E-state index in [-0.39, 0.29) is 0 Å². The van der Waals surface area contributed by atoms with Crippen molar-refractivity contribution in [2.24, 2.45) is 5.73 Å². The fourth-order valence-corrected chi connectivity index (χ4v) is 2.10. The average Bonchev–Trinajstić information content (AvgIpc) is 3.04. The van der Waals surface area contributed by atoms with Gasteiger partial charge in [-0.25, -0.2) is 4.98 Å². The molecule has 2 aromatic heterocycles. The summed E-state index contributed by atoms with van der Waals surface area (Å²) >= 11 is 6.08. The Kier molecular flexibility index (Phi) is 1.97. The van der Waals surface area contributed by atoms with E-state index in [0.717, 1.165) is 16.9 Å². The summed E-state index contributed by atoms with van der Waals surface area (Å²) in [5, 5.41) is 0.598. The molecule has 3 nitrogen and oxygen atoms in total. The molecular formula is C11H12ClN3. The Bertz CT molecular complexity index is 514. The molecule has 3 rings (SSSR count). The first-order valence-corrected chi connectivity index (χ1v) is 5.54. The topological polar surface area (TPSA) is 43.3 Å². The van der Waals surface area contributed by atoms with Gasteiger partial charge >= 0.3 is 0 Å². The van der Waals surface area contributed by atoms with Gasteiger partial charge in [0.2, 0.25) is 0 Å². The third-order valence-electron chi connectivity index (χ3n) is 2.86. The minimum absolute atomic E-state index is 0.551. The van der Waals surface area contributed by atoms with Crippen LogP contribution in [0.25, 0.3) is 5.52 Å². The molecule has 0 spiro atoms. The summed E-state index contributed by atoms with van der Waals surface area (Å²) in [5.74, 6) is 1.68. The predicted molar refractivity (Wildman–Crippen MR) is 60.1 cm³/mol. The molecular weight excluding hydrogens is 210 g/mol. The minimum Gasteiger partial charge on any atom is -0.326 e. The van der Waals surface area contributed by atoms with Gasteiger partial charge in [0.15, 0.2) is 5.15 Å². The van der Waals surface area contributed by atoms with E-state index in [1.807, 2.05) is 18.3 Å². The van der Waals surface area contributed by atoms with Crippen LogP contribution >= 0.6 is 11.6 Å². The number of hydrogen-bond acceptors (Lipinski definition) is 2. The van der Waals surface area contributed by atoms with Gasteiger partial charge in [-0.05, 0) is 24.5 Å². The summed E-state index contributed by atoms with van der Waals surface area (Å²) in [4.78, 5) is 4.41. The van der Waals surface area contributed by atoms with E-state index in [1.54, 1.807) is 0 Å². The largest absolute Gasteiger partial charge is 0.326 e. The number of imidazole rings is 1. The molecule has 2 heterocycles. The molecule has 0 atom stereocenters. The molecule has 0 aliphatic heterocycles. The zero-order valence-electron chi connectivity index (χ0n) is 8.28. The Morgan fingerprint density at radius 1 is 1.47 bits per heavy atom. The first kappa shape index (κ1) is 9.19. The van der Waals surface area contributed by atoms with E-state index in [4.69, 9.17) is 17.3 Å². The normalized spacial score (nSPS) is 16.1. The molecule has 0 unspecified atom stereocenters. The number of nitrogens with zero attached hydrogens (tertiary/aromatic N) is 2. The number of hydrogen-bond donors (Lipinski definition) is 1. The van der Waals surface area contributed by atoms with Gasteiger partial charge in [-0.15, -0.1) is 0 Å². The Hall–Kier alpha value is -1.06. The van der Waals surface area contributed by atoms with Crippen LogP contribution in [0.2, 0.25) is 5.15 Å². The Morgan fingerprint density at radius 2 is 2.27 bits per heavy atom. The molecule has 2 N–H and O–H groups in total. The van der Waals surface area contributed by atoms with Crippen LogP contribution in [0.15, 0.2) is 18.3 Å². The summed E-state index contributed by atoms with van der Waals surface area (Å²) < 4.78 is 2.09. The van der Waals surface area contributed by atoms with Gasteiger partial charge < -0.3 is 10.1 Å². The molecule has 0 amide bonds. The van der Waals surface area contributed by atoms with E-state index < -0.39 is 0 Å². The van der Waals surface area contributed by atoms with Crippen LogP contribution < -0.4 is 5.73 Å². The van der Waals surface area contributed by atoms with Crippen molar-refractivity contribution in [3.8, 4) is 0 Å². The molecule has 78 valence electrons. The van der Waals surface area contributed by atoms with Crippen molar-refractivity contribution in [1.29, 1.82) is 0 Å². The monoisotopic (exact) mass is 221 g/mol. The van der Waals surface area contributed by atoms with E-state index in [1.165, 1.54) is 12.8 Å². The van der Waals surface area contributed by atoms with Gasteiger partial charge in [-0.2, -0.15) is 0 Å². The number of fused-ring (bicyclic) bond motifs is 1. The number of nitrogens with two attached hydrogens (primary N) is 1. The third-order valence-corrected chi connectivity index (χ3v) is 3.14. The second-order valence-corrected chi connectivity index (χ2v) is 4.39. The highest BCUT2D eigenvalue weighted by Gasteiger charge is 2.28. The first-order chi connectivity index (χ1) is 7.29. The maximum absolute atomic E-state index is 6.08. The van der Waals surface area contributed by atoms with Crippen molar-refractivity contribution in [3.05, 3.63) is 34.9 Å². The fraction of sp³-hybridized carbons (Fsp3) is 0.364. The van der Waals surface area contributed by atoms with Gasteiger partial charge in [0, 0.05) is 18.7 Å². The SMILES string of the molecule is NCc1ccc2c(Cl)nc(C3CC3)n2c1. The second-order valence-electron chi connectivity index (χ2n) is 4.03. The first-order valence-electron chi connectivity index (χ1n) is 5.16. The minimum atomic E-state index is 0.551. The van der Waals surface area contributed by atoms with Crippen LogP contribution in [0.5, 0.6) is 0 Å². The van der Waals surface area contributed by atoms with Crippen molar-refractivity contribution in [2.45, 2.75) is 25.3 Å². The molecule has 15 heavy (non-hydrogen) atoms. The number of aromatic nitrogens is 2. The lowest BCUT2D eigenvalue weighted by Crippen LogP contribution is -1.99. The molecule has 2 aromatic rings. The van der Waals surface area contributed by atoms with E-state index in [9.17, 15) is 0 Å². The highest BCUT2D eigenvalue weighted by Crippen LogP contribution is 2.40. The lowest BCUT2D eigenvalue weighted by atomic mass is 10.2. The van der Waals surface area contributed by atoms with Crippen molar-refractivity contribution in [3.63, 3.8) is 0 Å². The lowest BCUT2D eigenvalue weighted by molar-refractivity contribution is 0.906. The van der Waals surface area contributed by atoms with Crippen LogP contribution in [0.4, 0.5) is 0 Å². The molecule has 0 aromatic carbocycles. The molecule has 1 fully saturated rings. The van der Waals surface area contributed by atoms with Crippen LogP contribution in [-0.2, 0) is 6.54 Å². The number of pyridine rings is 1. The van der Waals surface area contributed by atoms with Crippen molar-refractivity contribution in [2.75, 3.05) is 0 Å². The van der Waals surface area contributed by atoms with E-state index >= 15 is 0 Å². The Labute approximate surface area is 92.9 Å². The van der Waals surface area contributed by atoms with Gasteiger partial charge in [-0.1, -0.05) is 17.7 Å². The molecule has 1 aliphatic carbocycles. The van der Waals surface area contributed by atoms with Crippen LogP contribution in [0.3, 0.4) is 0 Å². The molecule has 0 bridgehead atoms. The zero-order valence-corrected chi connectivity index (χ0v) is 9.04. The smallest absolute Gasteiger partial charge is 0.155 e. The van der Waals surface area contributed by atoms with Gasteiger partial charge in [-0.3, -0.25) is 0 Å². The number of rotatable bonds is 2. The molecule has 1 aliphatic rings. The molecule has 0 saturated heterocycles. The summed E-state index contributed by atoms with van der Waals surface area (Å²) in [7, 11) is 0. The zero-order chi connectivity index (χ0) is 10.4. The van der Waals surface area contributed by atoms with Crippen LogP contribution in [-0.4, -0.2) is 9.38 Å². The third kappa shape index (κ3) is 1.43. The Balaban J connectivity index is 2.26. The maximum atomic E-state index is 6.08. The van der Waals surface area contributed by atoms with Crippen molar-refractivity contribution in [1.82, 2.24) is 9.38 Å². The summed E-state index contributed by atoms with van der Waals surface area (Å²) in [6, 6.07) is 3.99. The summed E-state index contributed by atoms with van der Waals surface area (Å²) in [6.45, 7) is 0.551. The Morgan fingerprint density at radius 3 is 2.93 bits per heavy atom. The lowest BCUT2D eigenvalue weighted by Gasteiger charge is -2.01. The molecule has 4 heteroatoms. The molecule has 0 radical (unpaired) electrons. The second kappa shape index (κ2) is 3.22. The van der Waals surface area contributed by atoms with Crippen molar-refractivity contribution < 1.29 is 0 Å². The maximum Gasteiger partial charge on any atom is 0.155 e. The van der Waals surface area contributed by atoms with Crippen LogP contribution in [0.1, 0.15) is 30.1 Å². The summed E-state index contributed by atoms with van der Waals surface area (Å²) in [5.41, 5.74) is 7.71. The fourth-order valence-electron chi connectivity index (χ4n) is 1.86. The standard InChI is InChI=1S/C11H12ClN3/c12-10-9-4-1-7(5-13)6-15(9)11(14-10)8-2-3-8/h1,4,6,8H,2-3,5,13H2. The highest BCUT2D eigenvalue weighted by atomic mass is 35.5. The summed E-state index contributed by atoms with van der Waals surface area (Å²) in [6.07, 6.45) is 4.49. The van der Waals surface area contributed by atoms with Crippen molar-refractivity contribution >= 4 is 17.1 Å². The van der Waals surface area contributed by atoms with Gasteiger partial charge in [0.25, 0.3) is 0 Å².